The fourth-order valence-electron chi connectivity index (χ4n) is 1.71. The molecule has 0 radical (unpaired) electrons. The summed E-state index contributed by atoms with van der Waals surface area (Å²) in [6.45, 7) is 0.0330. The summed E-state index contributed by atoms with van der Waals surface area (Å²) in [5.41, 5.74) is 6.18. The number of rotatable bonds is 5. The van der Waals surface area contributed by atoms with Crippen molar-refractivity contribution in [2.45, 2.75) is 6.61 Å². The van der Waals surface area contributed by atoms with Gasteiger partial charge in [0.2, 0.25) is 0 Å². The van der Waals surface area contributed by atoms with Gasteiger partial charge in [0.25, 0.3) is 0 Å². The van der Waals surface area contributed by atoms with Crippen molar-refractivity contribution in [1.82, 2.24) is 4.98 Å². The molecule has 0 aliphatic carbocycles. The van der Waals surface area contributed by atoms with E-state index in [1.54, 1.807) is 18.2 Å². The van der Waals surface area contributed by atoms with Crippen molar-refractivity contribution in [3.63, 3.8) is 0 Å². The summed E-state index contributed by atoms with van der Waals surface area (Å²) in [6, 6.07) is 7.91. The van der Waals surface area contributed by atoms with Crippen molar-refractivity contribution in [3.05, 3.63) is 62.4 Å². The van der Waals surface area contributed by atoms with Gasteiger partial charge in [-0.05, 0) is 18.2 Å². The molecule has 2 aromatic rings. The lowest BCUT2D eigenvalue weighted by Gasteiger charge is -2.09. The van der Waals surface area contributed by atoms with Crippen LogP contribution in [0.5, 0.6) is 5.75 Å². The number of nitro benzene ring substituents is 1. The SMILES string of the molecule is N=C(N)c1ncccc1COc1ccc(Br)cc1[N+](=O)[O-]. The lowest BCUT2D eigenvalue weighted by atomic mass is 10.2. The van der Waals surface area contributed by atoms with Crippen LogP contribution in [0.2, 0.25) is 0 Å². The van der Waals surface area contributed by atoms with E-state index >= 15 is 0 Å². The van der Waals surface area contributed by atoms with Crippen molar-refractivity contribution in [3.8, 4) is 5.75 Å². The molecule has 1 aromatic carbocycles. The van der Waals surface area contributed by atoms with Crippen LogP contribution in [0.4, 0.5) is 5.69 Å². The minimum Gasteiger partial charge on any atom is -0.482 e. The van der Waals surface area contributed by atoms with E-state index in [0.29, 0.717) is 15.7 Å². The zero-order valence-electron chi connectivity index (χ0n) is 10.7. The average molecular weight is 351 g/mol. The van der Waals surface area contributed by atoms with Crippen LogP contribution in [-0.4, -0.2) is 15.7 Å². The van der Waals surface area contributed by atoms with Gasteiger partial charge in [-0.3, -0.25) is 20.5 Å². The first kappa shape index (κ1) is 14.9. The molecule has 3 N–H and O–H groups in total. The van der Waals surface area contributed by atoms with E-state index < -0.39 is 4.92 Å². The Morgan fingerprint density at radius 3 is 2.90 bits per heavy atom. The Morgan fingerprint density at radius 1 is 1.48 bits per heavy atom. The Bertz CT molecular complexity index is 706. The molecule has 0 fully saturated rings. The number of aromatic nitrogens is 1. The molecule has 1 heterocycles. The van der Waals surface area contributed by atoms with Crippen LogP contribution < -0.4 is 10.5 Å². The number of ether oxygens (including phenoxy) is 1. The van der Waals surface area contributed by atoms with Gasteiger partial charge in [0.05, 0.1) is 4.92 Å². The van der Waals surface area contributed by atoms with Gasteiger partial charge in [-0.15, -0.1) is 0 Å². The monoisotopic (exact) mass is 350 g/mol. The van der Waals surface area contributed by atoms with Gasteiger partial charge in [-0.2, -0.15) is 0 Å². The van der Waals surface area contributed by atoms with Crippen molar-refractivity contribution in [2.24, 2.45) is 5.73 Å². The van der Waals surface area contributed by atoms with Crippen molar-refractivity contribution < 1.29 is 9.66 Å². The maximum absolute atomic E-state index is 11.0. The third kappa shape index (κ3) is 3.54. The Kier molecular flexibility index (Phi) is 4.49. The van der Waals surface area contributed by atoms with Gasteiger partial charge >= 0.3 is 5.69 Å². The Labute approximate surface area is 128 Å². The van der Waals surface area contributed by atoms with E-state index in [4.69, 9.17) is 15.9 Å². The van der Waals surface area contributed by atoms with E-state index in [0.717, 1.165) is 0 Å². The van der Waals surface area contributed by atoms with E-state index in [1.165, 1.54) is 18.3 Å². The van der Waals surface area contributed by atoms with E-state index in [-0.39, 0.29) is 23.9 Å². The van der Waals surface area contributed by atoms with Crippen LogP contribution in [0.3, 0.4) is 0 Å². The van der Waals surface area contributed by atoms with Gasteiger partial charge in [0.15, 0.2) is 5.75 Å². The Balaban J connectivity index is 2.25. The van der Waals surface area contributed by atoms with E-state index in [2.05, 4.69) is 20.9 Å². The van der Waals surface area contributed by atoms with E-state index in [9.17, 15) is 10.1 Å². The highest BCUT2D eigenvalue weighted by atomic mass is 79.9. The third-order valence-corrected chi connectivity index (χ3v) is 3.14. The van der Waals surface area contributed by atoms with Crippen LogP contribution in [0.15, 0.2) is 41.0 Å². The zero-order valence-corrected chi connectivity index (χ0v) is 12.3. The number of nitrogens with zero attached hydrogens (tertiary/aromatic N) is 2. The maximum Gasteiger partial charge on any atom is 0.312 e. The van der Waals surface area contributed by atoms with Crippen LogP contribution >= 0.6 is 15.9 Å². The lowest BCUT2D eigenvalue weighted by Crippen LogP contribution is -2.16. The molecule has 2 rings (SSSR count). The smallest absolute Gasteiger partial charge is 0.312 e. The molecular formula is C13H11BrN4O3. The first-order chi connectivity index (χ1) is 9.99. The second-order valence-corrected chi connectivity index (χ2v) is 5.00. The fourth-order valence-corrected chi connectivity index (χ4v) is 2.06. The van der Waals surface area contributed by atoms with Gasteiger partial charge in [0.1, 0.15) is 18.1 Å². The number of hydrogen-bond acceptors (Lipinski definition) is 5. The number of nitrogens with one attached hydrogen (secondary N) is 1. The molecule has 0 atom stereocenters. The van der Waals surface area contributed by atoms with Crippen LogP contribution in [0.1, 0.15) is 11.3 Å². The average Bonchev–Trinajstić information content (AvgIpc) is 2.46. The first-order valence-corrected chi connectivity index (χ1v) is 6.63. The Hall–Kier alpha value is -2.48. The largest absolute Gasteiger partial charge is 0.482 e. The van der Waals surface area contributed by atoms with Crippen LogP contribution in [0, 0.1) is 15.5 Å². The number of amidine groups is 1. The molecule has 0 spiro atoms. The molecule has 108 valence electrons. The summed E-state index contributed by atoms with van der Waals surface area (Å²) >= 11 is 3.18. The summed E-state index contributed by atoms with van der Waals surface area (Å²) in [5.74, 6) is -0.0407. The molecule has 0 aliphatic rings. The molecule has 0 unspecified atom stereocenters. The maximum atomic E-state index is 11.0. The molecule has 21 heavy (non-hydrogen) atoms. The van der Waals surface area contributed by atoms with Crippen LogP contribution in [-0.2, 0) is 6.61 Å². The summed E-state index contributed by atoms with van der Waals surface area (Å²) in [4.78, 5) is 14.5. The standard InChI is InChI=1S/C13H11BrN4O3/c14-9-3-4-11(10(6-9)18(19)20)21-7-8-2-1-5-17-12(8)13(15)16/h1-6H,7H2,(H3,15,16). The minimum absolute atomic E-state index is 0.0330. The first-order valence-electron chi connectivity index (χ1n) is 5.84. The molecule has 0 amide bonds. The predicted molar refractivity (Wildman–Crippen MR) is 80.4 cm³/mol. The zero-order chi connectivity index (χ0) is 15.4. The summed E-state index contributed by atoms with van der Waals surface area (Å²) in [7, 11) is 0. The molecule has 0 aliphatic heterocycles. The van der Waals surface area contributed by atoms with Crippen LogP contribution in [0.25, 0.3) is 0 Å². The predicted octanol–water partition coefficient (Wildman–Crippen LogP) is 2.62. The number of benzene rings is 1. The van der Waals surface area contributed by atoms with Crippen molar-refractivity contribution >= 4 is 27.5 Å². The lowest BCUT2D eigenvalue weighted by molar-refractivity contribution is -0.386. The highest BCUT2D eigenvalue weighted by Crippen LogP contribution is 2.30. The summed E-state index contributed by atoms with van der Waals surface area (Å²) in [6.07, 6.45) is 1.52. The van der Waals surface area contributed by atoms with Gasteiger partial charge < -0.3 is 10.5 Å². The molecule has 8 heteroatoms. The summed E-state index contributed by atoms with van der Waals surface area (Å²) in [5, 5.41) is 18.4. The number of pyridine rings is 1. The normalized spacial score (nSPS) is 10.1. The summed E-state index contributed by atoms with van der Waals surface area (Å²) < 4.78 is 6.07. The third-order valence-electron chi connectivity index (χ3n) is 2.65. The van der Waals surface area contributed by atoms with Crippen molar-refractivity contribution in [1.29, 1.82) is 5.41 Å². The molecule has 0 saturated carbocycles. The molecule has 0 bridgehead atoms. The number of halogens is 1. The fraction of sp³-hybridized carbons (Fsp3) is 0.0769. The van der Waals surface area contributed by atoms with Gasteiger partial charge in [0, 0.05) is 22.3 Å². The second kappa shape index (κ2) is 6.31. The van der Waals surface area contributed by atoms with E-state index in [1.807, 2.05) is 0 Å². The quantitative estimate of drug-likeness (QED) is 0.372. The molecule has 7 nitrogen and oxygen atoms in total. The number of hydrogen-bond donors (Lipinski definition) is 2. The van der Waals surface area contributed by atoms with Crippen molar-refractivity contribution in [2.75, 3.05) is 0 Å². The number of nitro groups is 1. The molecule has 1 aromatic heterocycles. The minimum atomic E-state index is -0.519. The highest BCUT2D eigenvalue weighted by molar-refractivity contribution is 9.10. The molecule has 0 saturated heterocycles. The topological polar surface area (TPSA) is 115 Å². The number of nitrogens with two attached hydrogens (primary N) is 1. The number of nitrogen functional groups attached to an aromatic ring is 1. The molecular weight excluding hydrogens is 340 g/mol. The highest BCUT2D eigenvalue weighted by Gasteiger charge is 2.16. The van der Waals surface area contributed by atoms with Gasteiger partial charge in [-0.25, -0.2) is 0 Å². The Morgan fingerprint density at radius 2 is 2.24 bits per heavy atom. The van der Waals surface area contributed by atoms with Gasteiger partial charge in [-0.1, -0.05) is 22.0 Å². The second-order valence-electron chi connectivity index (χ2n) is 4.08.